The zero-order chi connectivity index (χ0) is 7.11. The summed E-state index contributed by atoms with van der Waals surface area (Å²) < 4.78 is 0. The number of hydrogen-bond acceptors (Lipinski definition) is 2. The summed E-state index contributed by atoms with van der Waals surface area (Å²) in [4.78, 5) is 19.7. The van der Waals surface area contributed by atoms with E-state index in [2.05, 4.69) is 0 Å². The Morgan fingerprint density at radius 3 is 2.78 bits per heavy atom. The molecule has 0 saturated carbocycles. The van der Waals surface area contributed by atoms with Gasteiger partial charge in [0.1, 0.15) is 0 Å². The van der Waals surface area contributed by atoms with E-state index in [9.17, 15) is 9.59 Å². The van der Waals surface area contributed by atoms with Crippen LogP contribution in [0.4, 0.5) is 0 Å². The molecule has 0 aromatic rings. The lowest BCUT2D eigenvalue weighted by Gasteiger charge is -1.79. The third-order valence-electron chi connectivity index (χ3n) is 0.825. The number of carbonyl (C=O) groups is 1. The van der Waals surface area contributed by atoms with Gasteiger partial charge in [0.25, 0.3) is 6.29 Å². The average molecular weight is 125 g/mol. The Kier molecular flexibility index (Phi) is 4.69. The van der Waals surface area contributed by atoms with E-state index in [1.165, 1.54) is 12.4 Å². The van der Waals surface area contributed by atoms with Crippen molar-refractivity contribution in [1.29, 1.82) is 0 Å². The van der Waals surface area contributed by atoms with E-state index in [1.54, 1.807) is 6.08 Å². The van der Waals surface area contributed by atoms with E-state index in [0.29, 0.717) is 0 Å². The first-order chi connectivity index (χ1) is 4.31. The van der Waals surface area contributed by atoms with E-state index in [-0.39, 0.29) is 0 Å². The minimum absolute atomic E-state index is 0.580. The molecule has 0 aliphatic heterocycles. The van der Waals surface area contributed by atoms with Gasteiger partial charge in [-0.1, -0.05) is 19.4 Å². The number of hydrogen-bond donors (Lipinski definition) is 0. The molecule has 0 fully saturated rings. The van der Waals surface area contributed by atoms with Crippen molar-refractivity contribution in [3.63, 3.8) is 0 Å². The van der Waals surface area contributed by atoms with Crippen LogP contribution in [0.5, 0.6) is 0 Å². The van der Waals surface area contributed by atoms with Crippen molar-refractivity contribution in [3.05, 3.63) is 12.2 Å². The van der Waals surface area contributed by atoms with Crippen LogP contribution in [0.15, 0.2) is 12.2 Å². The Hall–Kier alpha value is -0.920. The number of carbonyl (C=O) groups excluding carboxylic acids is 2. The Labute approximate surface area is 54.6 Å². The van der Waals surface area contributed by atoms with Crippen LogP contribution < -0.4 is 0 Å². The van der Waals surface area contributed by atoms with Gasteiger partial charge in [-0.25, -0.2) is 0 Å². The Morgan fingerprint density at radius 2 is 2.33 bits per heavy atom. The molecule has 0 aliphatic rings. The fourth-order valence-corrected chi connectivity index (χ4v) is 0.391. The molecule has 0 spiro atoms. The van der Waals surface area contributed by atoms with Crippen LogP contribution >= 0.6 is 0 Å². The molecule has 0 aliphatic carbocycles. The van der Waals surface area contributed by atoms with E-state index < -0.39 is 5.78 Å². The van der Waals surface area contributed by atoms with E-state index >= 15 is 0 Å². The van der Waals surface area contributed by atoms with E-state index in [4.69, 9.17) is 0 Å². The van der Waals surface area contributed by atoms with Gasteiger partial charge in [-0.3, -0.25) is 9.59 Å². The lowest BCUT2D eigenvalue weighted by Crippen LogP contribution is -1.90. The molecule has 0 atom stereocenters. The van der Waals surface area contributed by atoms with Gasteiger partial charge < -0.3 is 0 Å². The Balaban J connectivity index is 3.44. The maximum atomic E-state index is 10.2. The maximum Gasteiger partial charge on any atom is 0.276 e. The molecule has 0 aromatic carbocycles. The zero-order valence-corrected chi connectivity index (χ0v) is 5.39. The second kappa shape index (κ2) is 5.22. The SMILES string of the molecule is CCCC=CC(=O)[C]=O. The standard InChI is InChI=1S/C7H9O2/c1-2-3-4-5-7(9)6-8/h4-5H,2-3H2,1H3. The van der Waals surface area contributed by atoms with Crippen molar-refractivity contribution in [2.45, 2.75) is 19.8 Å². The molecule has 9 heavy (non-hydrogen) atoms. The predicted octanol–water partition coefficient (Wildman–Crippen LogP) is 1.02. The molecule has 2 nitrogen and oxygen atoms in total. The molecule has 0 heterocycles. The molecule has 0 N–H and O–H groups in total. The second-order valence-electron chi connectivity index (χ2n) is 1.66. The average Bonchev–Trinajstić information content (AvgIpc) is 1.89. The van der Waals surface area contributed by atoms with Gasteiger partial charge >= 0.3 is 0 Å². The minimum atomic E-state index is -0.580. The van der Waals surface area contributed by atoms with Gasteiger partial charge in [-0.15, -0.1) is 0 Å². The summed E-state index contributed by atoms with van der Waals surface area (Å²) in [7, 11) is 0. The Morgan fingerprint density at radius 1 is 1.67 bits per heavy atom. The van der Waals surface area contributed by atoms with Crippen LogP contribution in [0.25, 0.3) is 0 Å². The van der Waals surface area contributed by atoms with Gasteiger partial charge in [0.05, 0.1) is 0 Å². The molecule has 0 amide bonds. The van der Waals surface area contributed by atoms with Crippen molar-refractivity contribution >= 4 is 12.1 Å². The first-order valence-corrected chi connectivity index (χ1v) is 2.90. The quantitative estimate of drug-likeness (QED) is 0.415. The highest BCUT2D eigenvalue weighted by molar-refractivity contribution is 6.30. The molecule has 49 valence electrons. The van der Waals surface area contributed by atoms with Crippen LogP contribution in [0.1, 0.15) is 19.8 Å². The smallest absolute Gasteiger partial charge is 0.276 e. The fraction of sp³-hybridized carbons (Fsp3) is 0.429. The normalized spacial score (nSPS) is 9.89. The highest BCUT2D eigenvalue weighted by Crippen LogP contribution is 1.87. The van der Waals surface area contributed by atoms with Gasteiger partial charge in [-0.2, -0.15) is 0 Å². The van der Waals surface area contributed by atoms with Gasteiger partial charge in [0, 0.05) is 0 Å². The lowest BCUT2D eigenvalue weighted by atomic mass is 10.3. The van der Waals surface area contributed by atoms with Crippen LogP contribution in [-0.2, 0) is 9.59 Å². The lowest BCUT2D eigenvalue weighted by molar-refractivity contribution is -0.109. The van der Waals surface area contributed by atoms with E-state index in [1.807, 2.05) is 6.92 Å². The summed E-state index contributed by atoms with van der Waals surface area (Å²) in [5, 5.41) is 0. The molecule has 0 bridgehead atoms. The van der Waals surface area contributed by atoms with Crippen LogP contribution in [0.2, 0.25) is 0 Å². The summed E-state index contributed by atoms with van der Waals surface area (Å²) in [6.45, 7) is 2.00. The van der Waals surface area contributed by atoms with Crippen LogP contribution in [0, 0.1) is 0 Å². The van der Waals surface area contributed by atoms with Crippen molar-refractivity contribution < 1.29 is 9.59 Å². The molecular weight excluding hydrogens is 116 g/mol. The van der Waals surface area contributed by atoms with Crippen molar-refractivity contribution in [2.75, 3.05) is 0 Å². The van der Waals surface area contributed by atoms with Crippen LogP contribution in [0.3, 0.4) is 0 Å². The van der Waals surface area contributed by atoms with E-state index in [0.717, 1.165) is 12.8 Å². The van der Waals surface area contributed by atoms with Gasteiger partial charge in [-0.05, 0) is 12.5 Å². The number of ketones is 1. The predicted molar refractivity (Wildman–Crippen MR) is 34.7 cm³/mol. The first kappa shape index (κ1) is 8.08. The molecular formula is C7H9O2. The Bertz CT molecular complexity index is 125. The molecule has 2 heteroatoms. The van der Waals surface area contributed by atoms with Crippen molar-refractivity contribution in [3.8, 4) is 0 Å². The number of rotatable bonds is 4. The summed E-state index contributed by atoms with van der Waals surface area (Å²) in [5.74, 6) is -0.580. The van der Waals surface area contributed by atoms with Gasteiger partial charge in [0.15, 0.2) is 0 Å². The second-order valence-corrected chi connectivity index (χ2v) is 1.66. The monoisotopic (exact) mass is 125 g/mol. The molecule has 0 unspecified atom stereocenters. The van der Waals surface area contributed by atoms with Gasteiger partial charge in [0.2, 0.25) is 5.78 Å². The maximum absolute atomic E-state index is 10.2. The van der Waals surface area contributed by atoms with Crippen molar-refractivity contribution in [1.82, 2.24) is 0 Å². The highest BCUT2D eigenvalue weighted by atomic mass is 16.2. The summed E-state index contributed by atoms with van der Waals surface area (Å²) in [6, 6.07) is 0. The number of unbranched alkanes of at least 4 members (excludes halogenated alkanes) is 1. The minimum Gasteiger partial charge on any atom is -0.285 e. The summed E-state index contributed by atoms with van der Waals surface area (Å²) >= 11 is 0. The largest absolute Gasteiger partial charge is 0.285 e. The number of allylic oxidation sites excluding steroid dienone is 2. The van der Waals surface area contributed by atoms with Crippen LogP contribution in [-0.4, -0.2) is 12.1 Å². The molecule has 1 radical (unpaired) electrons. The fourth-order valence-electron chi connectivity index (χ4n) is 0.391. The third kappa shape index (κ3) is 4.94. The zero-order valence-electron chi connectivity index (χ0n) is 5.39. The highest BCUT2D eigenvalue weighted by Gasteiger charge is 1.88. The molecule has 0 aromatic heterocycles. The molecule has 0 saturated heterocycles. The summed E-state index contributed by atoms with van der Waals surface area (Å²) in [5.41, 5.74) is 0. The third-order valence-corrected chi connectivity index (χ3v) is 0.825. The van der Waals surface area contributed by atoms with Crippen molar-refractivity contribution in [2.24, 2.45) is 0 Å². The molecule has 0 rings (SSSR count). The topological polar surface area (TPSA) is 34.1 Å². The first-order valence-electron chi connectivity index (χ1n) is 2.90. The summed E-state index contributed by atoms with van der Waals surface area (Å²) in [6.07, 6.45) is 6.00.